The van der Waals surface area contributed by atoms with E-state index in [1.807, 2.05) is 0 Å². The zero-order valence-electron chi connectivity index (χ0n) is 10.0. The van der Waals surface area contributed by atoms with Crippen molar-refractivity contribution in [2.75, 3.05) is 4.72 Å². The Kier molecular flexibility index (Phi) is 3.54. The Morgan fingerprint density at radius 2 is 2.00 bits per heavy atom. The van der Waals surface area contributed by atoms with Crippen molar-refractivity contribution in [2.45, 2.75) is 11.9 Å². The summed E-state index contributed by atoms with van der Waals surface area (Å²) in [6.07, 6.45) is 1.26. The minimum Gasteiger partial charge on any atom is -0.389 e. The normalized spacial score (nSPS) is 11.2. The lowest BCUT2D eigenvalue weighted by molar-refractivity contribution is 0.598. The predicted octanol–water partition coefficient (Wildman–Crippen LogP) is 1.15. The number of benzene rings is 1. The van der Waals surface area contributed by atoms with Crippen molar-refractivity contribution in [1.82, 2.24) is 9.97 Å². The van der Waals surface area contributed by atoms with Crippen LogP contribution in [0.4, 0.5) is 5.69 Å². The molecular formula is C11H12N4O2S2. The van der Waals surface area contributed by atoms with Gasteiger partial charge >= 0.3 is 0 Å². The fraction of sp³-hybridized carbons (Fsp3) is 0.0909. The van der Waals surface area contributed by atoms with Crippen molar-refractivity contribution in [3.8, 4) is 0 Å². The van der Waals surface area contributed by atoms with E-state index in [0.29, 0.717) is 17.1 Å². The maximum absolute atomic E-state index is 12.0. The summed E-state index contributed by atoms with van der Waals surface area (Å²) in [6.45, 7) is 1.68. The summed E-state index contributed by atoms with van der Waals surface area (Å²) < 4.78 is 26.4. The van der Waals surface area contributed by atoms with Gasteiger partial charge in [-0.3, -0.25) is 4.72 Å². The van der Waals surface area contributed by atoms with Crippen molar-refractivity contribution < 1.29 is 8.42 Å². The lowest BCUT2D eigenvalue weighted by atomic mass is 10.2. The third kappa shape index (κ3) is 3.09. The van der Waals surface area contributed by atoms with Gasteiger partial charge < -0.3 is 10.7 Å². The van der Waals surface area contributed by atoms with Crippen LogP contribution in [0.3, 0.4) is 0 Å². The molecule has 0 aliphatic carbocycles. The minimum atomic E-state index is -3.66. The van der Waals surface area contributed by atoms with Crippen LogP contribution in [0.2, 0.25) is 0 Å². The molecule has 0 saturated heterocycles. The minimum absolute atomic E-state index is 0.0171. The SMILES string of the molecule is Cc1ncc(S(=O)(=O)Nc2ccc(C(N)=S)cc2)[nH]1. The summed E-state index contributed by atoms with van der Waals surface area (Å²) in [5.41, 5.74) is 6.56. The number of imidazole rings is 1. The average molecular weight is 296 g/mol. The number of aryl methyl sites for hydroxylation is 1. The number of anilines is 1. The zero-order chi connectivity index (χ0) is 14.0. The number of nitrogens with two attached hydrogens (primary N) is 1. The number of sulfonamides is 1. The summed E-state index contributed by atoms with van der Waals surface area (Å²) in [7, 11) is -3.66. The maximum Gasteiger partial charge on any atom is 0.278 e. The van der Waals surface area contributed by atoms with Gasteiger partial charge in [-0.25, -0.2) is 4.98 Å². The molecule has 0 unspecified atom stereocenters. The van der Waals surface area contributed by atoms with Gasteiger partial charge in [0.2, 0.25) is 0 Å². The van der Waals surface area contributed by atoms with E-state index in [9.17, 15) is 8.42 Å². The summed E-state index contributed by atoms with van der Waals surface area (Å²) in [5, 5.41) is 0.0171. The first kappa shape index (κ1) is 13.5. The number of hydrogen-bond acceptors (Lipinski definition) is 4. The van der Waals surface area contributed by atoms with Gasteiger partial charge in [-0.2, -0.15) is 8.42 Å². The smallest absolute Gasteiger partial charge is 0.278 e. The molecule has 4 N–H and O–H groups in total. The Hall–Kier alpha value is -1.93. The lowest BCUT2D eigenvalue weighted by Gasteiger charge is -2.06. The van der Waals surface area contributed by atoms with Gasteiger partial charge in [0, 0.05) is 11.3 Å². The van der Waals surface area contributed by atoms with Crippen LogP contribution in [0.5, 0.6) is 0 Å². The second kappa shape index (κ2) is 4.98. The van der Waals surface area contributed by atoms with E-state index in [4.69, 9.17) is 18.0 Å². The molecule has 0 atom stereocenters. The van der Waals surface area contributed by atoms with E-state index in [1.165, 1.54) is 6.20 Å². The predicted molar refractivity (Wildman–Crippen MR) is 76.5 cm³/mol. The van der Waals surface area contributed by atoms with Gasteiger partial charge in [0.1, 0.15) is 10.8 Å². The molecule has 6 nitrogen and oxygen atoms in total. The number of hydrogen-bond donors (Lipinski definition) is 3. The highest BCUT2D eigenvalue weighted by atomic mass is 32.2. The van der Waals surface area contributed by atoms with Crippen LogP contribution in [0.25, 0.3) is 0 Å². The number of rotatable bonds is 4. The molecule has 0 saturated carbocycles. The fourth-order valence-corrected chi connectivity index (χ4v) is 2.61. The van der Waals surface area contributed by atoms with Crippen LogP contribution < -0.4 is 10.5 Å². The molecule has 0 fully saturated rings. The first-order valence-electron chi connectivity index (χ1n) is 5.33. The second-order valence-corrected chi connectivity index (χ2v) is 5.97. The molecule has 0 aliphatic heterocycles. The number of nitrogens with zero attached hydrogens (tertiary/aromatic N) is 1. The third-order valence-electron chi connectivity index (χ3n) is 2.39. The number of aromatic nitrogens is 2. The maximum atomic E-state index is 12.0. The monoisotopic (exact) mass is 296 g/mol. The Morgan fingerprint density at radius 3 is 2.47 bits per heavy atom. The molecular weight excluding hydrogens is 284 g/mol. The molecule has 2 rings (SSSR count). The van der Waals surface area contributed by atoms with Crippen molar-refractivity contribution in [2.24, 2.45) is 5.73 Å². The standard InChI is InChI=1S/C11H12N4O2S2/c1-7-13-6-10(14-7)19(16,17)15-9-4-2-8(3-5-9)11(12)18/h2-6,15H,1H3,(H2,12,18)(H,13,14). The van der Waals surface area contributed by atoms with E-state index in [1.54, 1.807) is 31.2 Å². The Bertz CT molecular complexity index is 705. The molecule has 1 aromatic carbocycles. The Balaban J connectivity index is 2.23. The van der Waals surface area contributed by atoms with Gasteiger partial charge in [0.25, 0.3) is 10.0 Å². The molecule has 8 heteroatoms. The van der Waals surface area contributed by atoms with Crippen molar-refractivity contribution in [1.29, 1.82) is 0 Å². The number of aromatic amines is 1. The molecule has 0 bridgehead atoms. The van der Waals surface area contributed by atoms with E-state index < -0.39 is 10.0 Å². The molecule has 1 aromatic heterocycles. The molecule has 100 valence electrons. The summed E-state index contributed by atoms with van der Waals surface area (Å²) in [6, 6.07) is 6.49. The zero-order valence-corrected chi connectivity index (χ0v) is 11.7. The first-order valence-corrected chi connectivity index (χ1v) is 7.22. The molecule has 0 spiro atoms. The van der Waals surface area contributed by atoms with Crippen LogP contribution >= 0.6 is 12.2 Å². The highest BCUT2D eigenvalue weighted by molar-refractivity contribution is 7.92. The lowest BCUT2D eigenvalue weighted by Crippen LogP contribution is -2.14. The number of H-pyrrole nitrogens is 1. The van der Waals surface area contributed by atoms with Crippen molar-refractivity contribution in [3.63, 3.8) is 0 Å². The van der Waals surface area contributed by atoms with Crippen molar-refractivity contribution >= 4 is 32.9 Å². The topological polar surface area (TPSA) is 101 Å². The highest BCUT2D eigenvalue weighted by Crippen LogP contribution is 2.15. The molecule has 19 heavy (non-hydrogen) atoms. The van der Waals surface area contributed by atoms with Crippen LogP contribution in [-0.2, 0) is 10.0 Å². The summed E-state index contributed by atoms with van der Waals surface area (Å²) in [5.74, 6) is 0.532. The summed E-state index contributed by atoms with van der Waals surface area (Å²) in [4.78, 5) is 6.78. The third-order valence-corrected chi connectivity index (χ3v) is 3.92. The number of nitrogens with one attached hydrogen (secondary N) is 2. The number of thiocarbonyl (C=S) groups is 1. The van der Waals surface area contributed by atoms with E-state index in [2.05, 4.69) is 14.7 Å². The van der Waals surface area contributed by atoms with Gasteiger partial charge in [-0.1, -0.05) is 12.2 Å². The largest absolute Gasteiger partial charge is 0.389 e. The van der Waals surface area contributed by atoms with Crippen LogP contribution in [-0.4, -0.2) is 23.4 Å². The quantitative estimate of drug-likeness (QED) is 0.735. The van der Waals surface area contributed by atoms with Gasteiger partial charge in [0.15, 0.2) is 5.03 Å². The van der Waals surface area contributed by atoms with Gasteiger partial charge in [-0.15, -0.1) is 0 Å². The highest BCUT2D eigenvalue weighted by Gasteiger charge is 2.16. The Labute approximate surface area is 116 Å². The summed E-state index contributed by atoms with van der Waals surface area (Å²) >= 11 is 4.82. The molecule has 0 radical (unpaired) electrons. The molecule has 2 aromatic rings. The fourth-order valence-electron chi connectivity index (χ4n) is 1.45. The van der Waals surface area contributed by atoms with Crippen LogP contribution in [0.1, 0.15) is 11.4 Å². The second-order valence-electron chi connectivity index (χ2n) is 3.88. The van der Waals surface area contributed by atoms with E-state index in [0.717, 1.165) is 0 Å². The van der Waals surface area contributed by atoms with Crippen LogP contribution in [0.15, 0.2) is 35.5 Å². The average Bonchev–Trinajstić information content (AvgIpc) is 2.77. The molecule has 1 heterocycles. The Morgan fingerprint density at radius 1 is 1.37 bits per heavy atom. The van der Waals surface area contributed by atoms with E-state index in [-0.39, 0.29) is 10.0 Å². The van der Waals surface area contributed by atoms with Gasteiger partial charge in [-0.05, 0) is 31.2 Å². The first-order chi connectivity index (χ1) is 8.88. The van der Waals surface area contributed by atoms with Crippen LogP contribution in [0, 0.1) is 6.92 Å². The molecule has 0 aliphatic rings. The molecule has 0 amide bonds. The van der Waals surface area contributed by atoms with E-state index >= 15 is 0 Å². The van der Waals surface area contributed by atoms with Crippen molar-refractivity contribution in [3.05, 3.63) is 41.9 Å². The van der Waals surface area contributed by atoms with Gasteiger partial charge in [0.05, 0.1) is 6.20 Å².